The molecule has 126 valence electrons. The van der Waals surface area contributed by atoms with Crippen molar-refractivity contribution in [2.45, 2.75) is 26.7 Å². The van der Waals surface area contributed by atoms with E-state index in [9.17, 15) is 4.79 Å². The molecule has 0 saturated heterocycles. The van der Waals surface area contributed by atoms with Crippen LogP contribution in [0.4, 0.5) is 0 Å². The highest BCUT2D eigenvalue weighted by atomic mass is 16.4. The van der Waals surface area contributed by atoms with Crippen LogP contribution in [0.25, 0.3) is 23.1 Å². The van der Waals surface area contributed by atoms with Gasteiger partial charge in [-0.2, -0.15) is 0 Å². The van der Waals surface area contributed by atoms with Crippen LogP contribution in [0.15, 0.2) is 52.9 Å². The van der Waals surface area contributed by atoms with E-state index in [-0.39, 0.29) is 0 Å². The predicted molar refractivity (Wildman–Crippen MR) is 99.1 cm³/mol. The third kappa shape index (κ3) is 3.91. The molecule has 0 unspecified atom stereocenters. The minimum absolute atomic E-state index is 0.463. The normalized spacial score (nSPS) is 11.5. The van der Waals surface area contributed by atoms with Crippen LogP contribution in [0.1, 0.15) is 47.1 Å². The Kier molecular flexibility index (Phi) is 5.19. The van der Waals surface area contributed by atoms with Crippen LogP contribution >= 0.6 is 0 Å². The lowest BCUT2D eigenvalue weighted by atomic mass is 10.0. The Balaban J connectivity index is 1.93. The monoisotopic (exact) mass is 332 g/mol. The molecule has 0 radical (unpaired) electrons. The fourth-order valence-electron chi connectivity index (χ4n) is 2.77. The number of aldehydes is 1. The second-order valence-corrected chi connectivity index (χ2v) is 5.92. The maximum Gasteiger partial charge on any atom is 0.248 e. The summed E-state index contributed by atoms with van der Waals surface area (Å²) >= 11 is 0. The first kappa shape index (κ1) is 16.8. The Bertz CT molecular complexity index is 895. The standard InChI is InChI=1S/C21H20N2O2/c1-3-7-18(17-8-5-4-6-9-17)13-20-22-23-21(25-20)19-11-10-16(14-24)12-15(19)2/h4-6,8-14H,3,7H2,1-2H3/b18-13+. The van der Waals surface area contributed by atoms with E-state index < -0.39 is 0 Å². The van der Waals surface area contributed by atoms with Crippen LogP contribution in [-0.2, 0) is 0 Å². The van der Waals surface area contributed by atoms with Crippen LogP contribution in [0.3, 0.4) is 0 Å². The Morgan fingerprint density at radius 1 is 1.12 bits per heavy atom. The molecule has 1 aromatic heterocycles. The molecule has 1 heterocycles. The van der Waals surface area contributed by atoms with E-state index >= 15 is 0 Å². The van der Waals surface area contributed by atoms with Crippen molar-refractivity contribution in [3.05, 3.63) is 71.1 Å². The number of nitrogens with zero attached hydrogens (tertiary/aromatic N) is 2. The lowest BCUT2D eigenvalue weighted by Gasteiger charge is -2.05. The van der Waals surface area contributed by atoms with Gasteiger partial charge in [-0.1, -0.05) is 49.7 Å². The van der Waals surface area contributed by atoms with Crippen LogP contribution in [-0.4, -0.2) is 16.5 Å². The summed E-state index contributed by atoms with van der Waals surface area (Å²) in [4.78, 5) is 10.9. The number of hydrogen-bond acceptors (Lipinski definition) is 4. The molecule has 0 aliphatic carbocycles. The van der Waals surface area contributed by atoms with Crippen LogP contribution in [0, 0.1) is 6.92 Å². The second-order valence-electron chi connectivity index (χ2n) is 5.92. The number of hydrogen-bond donors (Lipinski definition) is 0. The van der Waals surface area contributed by atoms with Gasteiger partial charge >= 0.3 is 0 Å². The van der Waals surface area contributed by atoms with E-state index in [0.717, 1.165) is 35.8 Å². The molecule has 0 atom stereocenters. The molecule has 0 bridgehead atoms. The quantitative estimate of drug-likeness (QED) is 0.582. The first-order chi connectivity index (χ1) is 12.2. The SMILES string of the molecule is CCC/C(=C\c1nnc(-c2ccc(C=O)cc2C)o1)c1ccccc1. The van der Waals surface area contributed by atoms with Crippen LogP contribution in [0.2, 0.25) is 0 Å². The summed E-state index contributed by atoms with van der Waals surface area (Å²) in [6.45, 7) is 4.07. The van der Waals surface area contributed by atoms with Crippen molar-refractivity contribution >= 4 is 17.9 Å². The van der Waals surface area contributed by atoms with Gasteiger partial charge in [-0.05, 0) is 42.2 Å². The summed E-state index contributed by atoms with van der Waals surface area (Å²) in [6.07, 6.45) is 4.75. The average molecular weight is 332 g/mol. The molecule has 0 aliphatic heterocycles. The van der Waals surface area contributed by atoms with E-state index in [1.165, 1.54) is 5.57 Å². The number of aromatic nitrogens is 2. The summed E-state index contributed by atoms with van der Waals surface area (Å²) in [5.41, 5.74) is 4.74. The molecule has 2 aromatic carbocycles. The second kappa shape index (κ2) is 7.71. The Hall–Kier alpha value is -3.01. The van der Waals surface area contributed by atoms with Crippen LogP contribution < -0.4 is 0 Å². The minimum Gasteiger partial charge on any atom is -0.417 e. The number of aryl methyl sites for hydroxylation is 1. The van der Waals surface area contributed by atoms with Crippen molar-refractivity contribution in [2.75, 3.05) is 0 Å². The molecular formula is C21H20N2O2. The van der Waals surface area contributed by atoms with Crippen molar-refractivity contribution in [1.29, 1.82) is 0 Å². The third-order valence-electron chi connectivity index (χ3n) is 4.02. The maximum atomic E-state index is 10.9. The van der Waals surface area contributed by atoms with Gasteiger partial charge in [0.2, 0.25) is 11.8 Å². The molecule has 25 heavy (non-hydrogen) atoms. The highest BCUT2D eigenvalue weighted by Crippen LogP contribution is 2.26. The maximum absolute atomic E-state index is 10.9. The van der Waals surface area contributed by atoms with Gasteiger partial charge in [0.05, 0.1) is 0 Å². The molecule has 4 heteroatoms. The zero-order valence-electron chi connectivity index (χ0n) is 14.4. The largest absolute Gasteiger partial charge is 0.417 e. The van der Waals surface area contributed by atoms with E-state index in [1.807, 2.05) is 43.3 Å². The Labute approximate surface area is 147 Å². The summed E-state index contributed by atoms with van der Waals surface area (Å²) in [6, 6.07) is 15.6. The molecular weight excluding hydrogens is 312 g/mol. The molecule has 0 saturated carbocycles. The molecule has 0 amide bonds. The number of carbonyl (C=O) groups excluding carboxylic acids is 1. The van der Waals surface area contributed by atoms with E-state index in [4.69, 9.17) is 4.42 Å². The summed E-state index contributed by atoms with van der Waals surface area (Å²) in [5.74, 6) is 0.950. The first-order valence-electron chi connectivity index (χ1n) is 8.37. The molecule has 3 rings (SSSR count). The Morgan fingerprint density at radius 2 is 1.92 bits per heavy atom. The summed E-state index contributed by atoms with van der Waals surface area (Å²) < 4.78 is 5.84. The van der Waals surface area contributed by atoms with E-state index in [0.29, 0.717) is 17.3 Å². The molecule has 0 N–H and O–H groups in total. The van der Waals surface area contributed by atoms with E-state index in [1.54, 1.807) is 6.07 Å². The van der Waals surface area contributed by atoms with Gasteiger partial charge in [0.15, 0.2) is 0 Å². The number of rotatable bonds is 6. The zero-order valence-corrected chi connectivity index (χ0v) is 14.4. The average Bonchev–Trinajstić information content (AvgIpc) is 3.10. The molecule has 0 fully saturated rings. The van der Waals surface area contributed by atoms with Crippen molar-refractivity contribution in [3.63, 3.8) is 0 Å². The molecule has 0 spiro atoms. The first-order valence-corrected chi connectivity index (χ1v) is 8.37. The molecule has 4 nitrogen and oxygen atoms in total. The van der Waals surface area contributed by atoms with Crippen molar-refractivity contribution in [2.24, 2.45) is 0 Å². The number of carbonyl (C=O) groups is 1. The van der Waals surface area contributed by atoms with Crippen LogP contribution in [0.5, 0.6) is 0 Å². The fraction of sp³-hybridized carbons (Fsp3) is 0.190. The smallest absolute Gasteiger partial charge is 0.248 e. The van der Waals surface area contributed by atoms with Crippen molar-refractivity contribution < 1.29 is 9.21 Å². The van der Waals surface area contributed by atoms with Gasteiger partial charge < -0.3 is 4.42 Å². The van der Waals surface area contributed by atoms with Gasteiger partial charge in [-0.3, -0.25) is 4.79 Å². The van der Waals surface area contributed by atoms with Crippen molar-refractivity contribution in [1.82, 2.24) is 10.2 Å². The fourth-order valence-corrected chi connectivity index (χ4v) is 2.77. The van der Waals surface area contributed by atoms with Gasteiger partial charge in [0.1, 0.15) is 6.29 Å². The summed E-state index contributed by atoms with van der Waals surface area (Å²) in [7, 11) is 0. The Morgan fingerprint density at radius 3 is 2.60 bits per heavy atom. The number of benzene rings is 2. The van der Waals surface area contributed by atoms with Crippen molar-refractivity contribution in [3.8, 4) is 11.5 Å². The lowest BCUT2D eigenvalue weighted by Crippen LogP contribution is -1.87. The topological polar surface area (TPSA) is 56.0 Å². The predicted octanol–water partition coefficient (Wildman–Crippen LogP) is 5.20. The molecule has 0 aliphatic rings. The molecule has 3 aromatic rings. The minimum atomic E-state index is 0.463. The summed E-state index contributed by atoms with van der Waals surface area (Å²) in [5, 5.41) is 8.32. The van der Waals surface area contributed by atoms with E-state index in [2.05, 4.69) is 29.3 Å². The van der Waals surface area contributed by atoms with Gasteiger partial charge in [-0.25, -0.2) is 0 Å². The number of allylic oxidation sites excluding steroid dienone is 1. The highest BCUT2D eigenvalue weighted by Gasteiger charge is 2.11. The van der Waals surface area contributed by atoms with Gasteiger partial charge in [0, 0.05) is 17.2 Å². The third-order valence-corrected chi connectivity index (χ3v) is 4.02. The van der Waals surface area contributed by atoms with Gasteiger partial charge in [0.25, 0.3) is 0 Å². The lowest BCUT2D eigenvalue weighted by molar-refractivity contribution is 0.112. The highest BCUT2D eigenvalue weighted by molar-refractivity contribution is 5.80. The zero-order chi connectivity index (χ0) is 17.6. The van der Waals surface area contributed by atoms with Gasteiger partial charge in [-0.15, -0.1) is 10.2 Å².